The largest absolute Gasteiger partial charge is 0.464 e. The molecule has 0 atom stereocenters. The second kappa shape index (κ2) is 4.92. The summed E-state index contributed by atoms with van der Waals surface area (Å²) in [6, 6.07) is 0.337. The molecule has 0 unspecified atom stereocenters. The number of nitrogens with one attached hydrogen (secondary N) is 1. The lowest BCUT2D eigenvalue weighted by molar-refractivity contribution is -0.122. The van der Waals surface area contributed by atoms with E-state index in [9.17, 15) is 4.79 Å². The molecule has 1 N–H and O–H groups in total. The van der Waals surface area contributed by atoms with Crippen LogP contribution in [0.3, 0.4) is 0 Å². The van der Waals surface area contributed by atoms with Crippen molar-refractivity contribution >= 4 is 11.6 Å². The van der Waals surface area contributed by atoms with Crippen LogP contribution < -0.4 is 10.1 Å². The highest BCUT2D eigenvalue weighted by atomic mass is 16.5. The molecule has 0 spiro atoms. The van der Waals surface area contributed by atoms with Crippen LogP contribution in [0.1, 0.15) is 26.2 Å². The third kappa shape index (κ3) is 2.48. The standard InChI is InChI=1S/C11H15N3O2/c1-2-16-11-12-6-9(7-13-11)14-10(15)8-4-3-5-8/h6-8H,2-5H2,1H3,(H,14,15). The number of rotatable bonds is 4. The quantitative estimate of drug-likeness (QED) is 0.839. The van der Waals surface area contributed by atoms with Crippen LogP contribution >= 0.6 is 0 Å². The van der Waals surface area contributed by atoms with Gasteiger partial charge in [-0.2, -0.15) is 0 Å². The number of amides is 1. The van der Waals surface area contributed by atoms with Gasteiger partial charge in [0.25, 0.3) is 0 Å². The summed E-state index contributed by atoms with van der Waals surface area (Å²) in [6.07, 6.45) is 6.26. The average Bonchev–Trinajstić information content (AvgIpc) is 2.18. The molecule has 1 saturated carbocycles. The molecule has 1 heterocycles. The molecule has 16 heavy (non-hydrogen) atoms. The maximum Gasteiger partial charge on any atom is 0.316 e. The zero-order chi connectivity index (χ0) is 11.4. The zero-order valence-electron chi connectivity index (χ0n) is 9.27. The first-order valence-electron chi connectivity index (χ1n) is 5.55. The number of nitrogens with zero attached hydrogens (tertiary/aromatic N) is 2. The first kappa shape index (κ1) is 10.9. The maximum absolute atomic E-state index is 11.6. The van der Waals surface area contributed by atoms with Crippen molar-refractivity contribution < 1.29 is 9.53 Å². The Balaban J connectivity index is 1.91. The van der Waals surface area contributed by atoms with Gasteiger partial charge in [0.15, 0.2) is 0 Å². The van der Waals surface area contributed by atoms with Gasteiger partial charge in [-0.3, -0.25) is 4.79 Å². The predicted octanol–water partition coefficient (Wildman–Crippen LogP) is 1.61. The van der Waals surface area contributed by atoms with Crippen molar-refractivity contribution in [3.8, 4) is 6.01 Å². The van der Waals surface area contributed by atoms with Crippen molar-refractivity contribution in [2.75, 3.05) is 11.9 Å². The maximum atomic E-state index is 11.6. The molecule has 1 fully saturated rings. The second-order valence-electron chi connectivity index (χ2n) is 3.80. The van der Waals surface area contributed by atoms with Gasteiger partial charge in [-0.05, 0) is 19.8 Å². The van der Waals surface area contributed by atoms with Crippen LogP contribution in [0.2, 0.25) is 0 Å². The van der Waals surface area contributed by atoms with E-state index in [-0.39, 0.29) is 11.8 Å². The number of hydrogen-bond donors (Lipinski definition) is 1. The lowest BCUT2D eigenvalue weighted by Crippen LogP contribution is -2.28. The number of ether oxygens (including phenoxy) is 1. The van der Waals surface area contributed by atoms with Crippen LogP contribution in [0, 0.1) is 5.92 Å². The van der Waals surface area contributed by atoms with E-state index >= 15 is 0 Å². The number of carbonyl (C=O) groups is 1. The molecule has 1 aromatic rings. The summed E-state index contributed by atoms with van der Waals surface area (Å²) in [4.78, 5) is 19.6. The molecule has 5 heteroatoms. The SMILES string of the molecule is CCOc1ncc(NC(=O)C2CCC2)cn1. The molecule has 5 nitrogen and oxygen atoms in total. The van der Waals surface area contributed by atoms with Gasteiger partial charge >= 0.3 is 6.01 Å². The summed E-state index contributed by atoms with van der Waals surface area (Å²) in [5.41, 5.74) is 0.625. The van der Waals surface area contributed by atoms with Crippen LogP contribution in [0.4, 0.5) is 5.69 Å². The van der Waals surface area contributed by atoms with E-state index in [1.54, 1.807) is 12.4 Å². The zero-order valence-corrected chi connectivity index (χ0v) is 9.27. The summed E-state index contributed by atoms with van der Waals surface area (Å²) >= 11 is 0. The molecule has 0 bridgehead atoms. The minimum Gasteiger partial charge on any atom is -0.464 e. The smallest absolute Gasteiger partial charge is 0.316 e. The Hall–Kier alpha value is -1.65. The van der Waals surface area contributed by atoms with E-state index in [1.807, 2.05) is 6.92 Å². The lowest BCUT2D eigenvalue weighted by atomic mass is 9.85. The highest BCUT2D eigenvalue weighted by Gasteiger charge is 2.25. The lowest BCUT2D eigenvalue weighted by Gasteiger charge is -2.23. The van der Waals surface area contributed by atoms with Crippen molar-refractivity contribution in [3.63, 3.8) is 0 Å². The van der Waals surface area contributed by atoms with Gasteiger partial charge in [-0.15, -0.1) is 0 Å². The van der Waals surface area contributed by atoms with E-state index < -0.39 is 0 Å². The molecule has 1 aromatic heterocycles. The molecule has 1 aliphatic rings. The van der Waals surface area contributed by atoms with Crippen LogP contribution in [0.15, 0.2) is 12.4 Å². The Morgan fingerprint density at radius 1 is 1.50 bits per heavy atom. The third-order valence-corrected chi connectivity index (χ3v) is 2.65. The van der Waals surface area contributed by atoms with Crippen LogP contribution in [0.25, 0.3) is 0 Å². The summed E-state index contributed by atoms with van der Waals surface area (Å²) in [5, 5.41) is 2.79. The molecule has 0 radical (unpaired) electrons. The normalized spacial score (nSPS) is 15.3. The van der Waals surface area contributed by atoms with E-state index in [2.05, 4.69) is 15.3 Å². The highest BCUT2D eigenvalue weighted by molar-refractivity contribution is 5.92. The van der Waals surface area contributed by atoms with Gasteiger partial charge in [0.05, 0.1) is 24.7 Å². The summed E-state index contributed by atoms with van der Waals surface area (Å²) in [6.45, 7) is 2.41. The van der Waals surface area contributed by atoms with Gasteiger partial charge in [-0.25, -0.2) is 9.97 Å². The Labute approximate surface area is 94.2 Å². The average molecular weight is 221 g/mol. The van der Waals surface area contributed by atoms with Crippen LogP contribution in [0.5, 0.6) is 6.01 Å². The van der Waals surface area contributed by atoms with Crippen molar-refractivity contribution in [3.05, 3.63) is 12.4 Å². The Morgan fingerprint density at radius 3 is 2.69 bits per heavy atom. The van der Waals surface area contributed by atoms with Gasteiger partial charge in [0.1, 0.15) is 0 Å². The first-order valence-corrected chi connectivity index (χ1v) is 5.55. The molecule has 0 saturated heterocycles. The van der Waals surface area contributed by atoms with E-state index in [0.29, 0.717) is 18.3 Å². The van der Waals surface area contributed by atoms with Crippen molar-refractivity contribution in [2.24, 2.45) is 5.92 Å². The van der Waals surface area contributed by atoms with Gasteiger partial charge in [-0.1, -0.05) is 6.42 Å². The summed E-state index contributed by atoms with van der Waals surface area (Å²) < 4.78 is 5.11. The fraction of sp³-hybridized carbons (Fsp3) is 0.545. The fourth-order valence-electron chi connectivity index (χ4n) is 1.50. The molecule has 0 aliphatic heterocycles. The molecule has 0 aromatic carbocycles. The highest BCUT2D eigenvalue weighted by Crippen LogP contribution is 2.27. The van der Waals surface area contributed by atoms with Crippen molar-refractivity contribution in [1.82, 2.24) is 9.97 Å². The molecule has 1 amide bonds. The minimum absolute atomic E-state index is 0.0685. The third-order valence-electron chi connectivity index (χ3n) is 2.65. The van der Waals surface area contributed by atoms with Crippen LogP contribution in [-0.2, 0) is 4.79 Å². The molecule has 2 rings (SSSR count). The van der Waals surface area contributed by atoms with Crippen molar-refractivity contribution in [1.29, 1.82) is 0 Å². The molecule has 86 valence electrons. The first-order chi connectivity index (χ1) is 7.79. The Kier molecular flexibility index (Phi) is 3.34. The van der Waals surface area contributed by atoms with E-state index in [4.69, 9.17) is 4.74 Å². The molecule has 1 aliphatic carbocycles. The van der Waals surface area contributed by atoms with E-state index in [1.165, 1.54) is 0 Å². The summed E-state index contributed by atoms with van der Waals surface area (Å²) in [7, 11) is 0. The monoisotopic (exact) mass is 221 g/mol. The number of aromatic nitrogens is 2. The van der Waals surface area contributed by atoms with Crippen LogP contribution in [-0.4, -0.2) is 22.5 Å². The molecular formula is C11H15N3O2. The van der Waals surface area contributed by atoms with Gasteiger partial charge in [0, 0.05) is 5.92 Å². The van der Waals surface area contributed by atoms with Gasteiger partial charge in [0.2, 0.25) is 5.91 Å². The number of hydrogen-bond acceptors (Lipinski definition) is 4. The number of anilines is 1. The Morgan fingerprint density at radius 2 is 2.19 bits per heavy atom. The minimum atomic E-state index is 0.0685. The second-order valence-corrected chi connectivity index (χ2v) is 3.80. The Bertz CT molecular complexity index is 360. The fourth-order valence-corrected chi connectivity index (χ4v) is 1.50. The van der Waals surface area contributed by atoms with Gasteiger partial charge < -0.3 is 10.1 Å². The number of carbonyl (C=O) groups excluding carboxylic acids is 1. The topological polar surface area (TPSA) is 64.1 Å². The van der Waals surface area contributed by atoms with Crippen molar-refractivity contribution in [2.45, 2.75) is 26.2 Å². The van der Waals surface area contributed by atoms with E-state index in [0.717, 1.165) is 19.3 Å². The summed E-state index contributed by atoms with van der Waals surface area (Å²) in [5.74, 6) is 0.241. The molecular weight excluding hydrogens is 206 g/mol. The predicted molar refractivity (Wildman–Crippen MR) is 59.2 cm³/mol.